The first-order chi connectivity index (χ1) is 7.61. The molecular formula is C12H19ClN2O. The second kappa shape index (κ2) is 6.69. The molecule has 0 spiro atoms. The Hall–Kier alpha value is -0.830. The van der Waals surface area contributed by atoms with Crippen LogP contribution >= 0.6 is 11.6 Å². The van der Waals surface area contributed by atoms with E-state index in [1.807, 2.05) is 19.9 Å². The molecule has 0 bridgehead atoms. The summed E-state index contributed by atoms with van der Waals surface area (Å²) in [6.07, 6.45) is 4.53. The van der Waals surface area contributed by atoms with Crippen LogP contribution in [0.1, 0.15) is 39.3 Å². The van der Waals surface area contributed by atoms with Gasteiger partial charge in [-0.05, 0) is 20.3 Å². The second-order valence-corrected chi connectivity index (χ2v) is 4.72. The van der Waals surface area contributed by atoms with Crippen molar-refractivity contribution in [2.45, 2.75) is 51.5 Å². The Morgan fingerprint density at radius 2 is 2.12 bits per heavy atom. The molecule has 0 aliphatic rings. The Labute approximate surface area is 102 Å². The van der Waals surface area contributed by atoms with Gasteiger partial charge in [0.15, 0.2) is 0 Å². The topological polar surface area (TPSA) is 35.0 Å². The molecule has 1 aromatic heterocycles. The minimum absolute atomic E-state index is 0.130. The van der Waals surface area contributed by atoms with E-state index in [-0.39, 0.29) is 11.5 Å². The van der Waals surface area contributed by atoms with Gasteiger partial charge in [-0.1, -0.05) is 13.3 Å². The molecule has 1 atom stereocenters. The smallest absolute Gasteiger partial charge is 0.216 e. The Morgan fingerprint density at radius 1 is 1.38 bits per heavy atom. The van der Waals surface area contributed by atoms with Gasteiger partial charge in [-0.2, -0.15) is 0 Å². The average Bonchev–Trinajstić information content (AvgIpc) is 2.17. The van der Waals surface area contributed by atoms with E-state index in [9.17, 15) is 0 Å². The zero-order valence-corrected chi connectivity index (χ0v) is 10.9. The summed E-state index contributed by atoms with van der Waals surface area (Å²) in [5.41, 5.74) is 0.944. The van der Waals surface area contributed by atoms with Crippen LogP contribution in [0.4, 0.5) is 0 Å². The van der Waals surface area contributed by atoms with Gasteiger partial charge >= 0.3 is 0 Å². The average molecular weight is 243 g/mol. The van der Waals surface area contributed by atoms with Crippen LogP contribution in [0.3, 0.4) is 0 Å². The van der Waals surface area contributed by atoms with Gasteiger partial charge in [0.1, 0.15) is 6.33 Å². The third-order valence-corrected chi connectivity index (χ3v) is 2.46. The van der Waals surface area contributed by atoms with Crippen LogP contribution in [0, 0.1) is 0 Å². The predicted octanol–water partition coefficient (Wildman–Crippen LogP) is 3.21. The van der Waals surface area contributed by atoms with Gasteiger partial charge in [0.25, 0.3) is 0 Å². The van der Waals surface area contributed by atoms with Gasteiger partial charge in [0.2, 0.25) is 5.88 Å². The van der Waals surface area contributed by atoms with Crippen LogP contribution in [0.25, 0.3) is 0 Å². The molecule has 0 aliphatic carbocycles. The summed E-state index contributed by atoms with van der Waals surface area (Å²) in [6, 6.07) is 1.87. The van der Waals surface area contributed by atoms with Gasteiger partial charge in [0.05, 0.1) is 6.10 Å². The maximum Gasteiger partial charge on any atom is 0.216 e. The van der Waals surface area contributed by atoms with Crippen molar-refractivity contribution < 1.29 is 4.74 Å². The highest BCUT2D eigenvalue weighted by Crippen LogP contribution is 2.15. The van der Waals surface area contributed by atoms with Crippen molar-refractivity contribution in [3.63, 3.8) is 0 Å². The monoisotopic (exact) mass is 242 g/mol. The Kier molecular flexibility index (Phi) is 5.53. The Balaban J connectivity index is 2.59. The predicted molar refractivity (Wildman–Crippen MR) is 66.0 cm³/mol. The van der Waals surface area contributed by atoms with E-state index < -0.39 is 0 Å². The van der Waals surface area contributed by atoms with Crippen molar-refractivity contribution in [2.75, 3.05) is 0 Å². The van der Waals surface area contributed by atoms with E-state index in [2.05, 4.69) is 16.9 Å². The first-order valence-electron chi connectivity index (χ1n) is 5.73. The fraction of sp³-hybridized carbons (Fsp3) is 0.667. The first kappa shape index (κ1) is 13.2. The quantitative estimate of drug-likeness (QED) is 0.719. The van der Waals surface area contributed by atoms with Crippen molar-refractivity contribution in [2.24, 2.45) is 0 Å². The normalized spacial score (nSPS) is 12.8. The van der Waals surface area contributed by atoms with Gasteiger partial charge < -0.3 is 4.74 Å². The summed E-state index contributed by atoms with van der Waals surface area (Å²) in [4.78, 5) is 8.25. The summed E-state index contributed by atoms with van der Waals surface area (Å²) < 4.78 is 5.50. The lowest BCUT2D eigenvalue weighted by Gasteiger charge is -2.10. The molecule has 0 saturated carbocycles. The lowest BCUT2D eigenvalue weighted by molar-refractivity contribution is 0.232. The van der Waals surface area contributed by atoms with E-state index in [1.165, 1.54) is 6.33 Å². The van der Waals surface area contributed by atoms with Crippen LogP contribution in [-0.2, 0) is 6.42 Å². The van der Waals surface area contributed by atoms with E-state index in [0.29, 0.717) is 5.88 Å². The molecule has 0 radical (unpaired) electrons. The first-order valence-corrected chi connectivity index (χ1v) is 6.17. The molecule has 0 fully saturated rings. The molecule has 0 N–H and O–H groups in total. The van der Waals surface area contributed by atoms with Crippen LogP contribution < -0.4 is 4.74 Å². The van der Waals surface area contributed by atoms with Crippen LogP contribution in [0.5, 0.6) is 5.88 Å². The zero-order valence-electron chi connectivity index (χ0n) is 10.1. The van der Waals surface area contributed by atoms with Crippen molar-refractivity contribution in [1.82, 2.24) is 9.97 Å². The van der Waals surface area contributed by atoms with Gasteiger partial charge in [0, 0.05) is 23.6 Å². The largest absolute Gasteiger partial charge is 0.475 e. The lowest BCUT2D eigenvalue weighted by Crippen LogP contribution is -2.09. The molecule has 0 saturated heterocycles. The molecule has 0 aliphatic heterocycles. The molecule has 16 heavy (non-hydrogen) atoms. The van der Waals surface area contributed by atoms with E-state index in [4.69, 9.17) is 16.3 Å². The maximum atomic E-state index is 6.17. The number of halogens is 1. The molecule has 1 heterocycles. The lowest BCUT2D eigenvalue weighted by atomic mass is 10.1. The molecule has 0 amide bonds. The highest BCUT2D eigenvalue weighted by atomic mass is 35.5. The van der Waals surface area contributed by atoms with Crippen molar-refractivity contribution in [3.8, 4) is 5.88 Å². The third kappa shape index (κ3) is 4.79. The molecule has 1 aromatic rings. The minimum atomic E-state index is 0.130. The third-order valence-electron chi connectivity index (χ3n) is 2.09. The number of hydrogen-bond acceptors (Lipinski definition) is 3. The van der Waals surface area contributed by atoms with Crippen LogP contribution in [-0.4, -0.2) is 21.4 Å². The standard InChI is InChI=1S/C12H19ClN2O/c1-4-5-10(13)6-11-7-12(15-8-14-11)16-9(2)3/h7-10H,4-6H2,1-3H3. The van der Waals surface area contributed by atoms with Crippen molar-refractivity contribution in [3.05, 3.63) is 18.1 Å². The van der Waals surface area contributed by atoms with Crippen molar-refractivity contribution >= 4 is 11.6 Å². The molecule has 90 valence electrons. The molecule has 1 unspecified atom stereocenters. The highest BCUT2D eigenvalue weighted by molar-refractivity contribution is 6.20. The maximum absolute atomic E-state index is 6.17. The van der Waals surface area contributed by atoms with Gasteiger partial charge in [-0.25, -0.2) is 9.97 Å². The van der Waals surface area contributed by atoms with Gasteiger partial charge in [-0.3, -0.25) is 0 Å². The highest BCUT2D eigenvalue weighted by Gasteiger charge is 2.08. The minimum Gasteiger partial charge on any atom is -0.475 e. The SMILES string of the molecule is CCCC(Cl)Cc1cc(OC(C)C)ncn1. The summed E-state index contributed by atoms with van der Waals surface area (Å²) in [5, 5.41) is 0.145. The summed E-state index contributed by atoms with van der Waals surface area (Å²) >= 11 is 6.17. The number of nitrogens with zero attached hydrogens (tertiary/aromatic N) is 2. The number of ether oxygens (including phenoxy) is 1. The molecule has 1 rings (SSSR count). The number of alkyl halides is 1. The second-order valence-electron chi connectivity index (χ2n) is 4.10. The number of aromatic nitrogens is 2. The Morgan fingerprint density at radius 3 is 2.75 bits per heavy atom. The molecule has 0 aromatic carbocycles. The van der Waals surface area contributed by atoms with Crippen molar-refractivity contribution in [1.29, 1.82) is 0 Å². The van der Waals surface area contributed by atoms with E-state index >= 15 is 0 Å². The molecular weight excluding hydrogens is 224 g/mol. The van der Waals surface area contributed by atoms with E-state index in [1.54, 1.807) is 0 Å². The van der Waals surface area contributed by atoms with Crippen LogP contribution in [0.15, 0.2) is 12.4 Å². The molecule has 3 nitrogen and oxygen atoms in total. The fourth-order valence-corrected chi connectivity index (χ4v) is 1.81. The van der Waals surface area contributed by atoms with Crippen LogP contribution in [0.2, 0.25) is 0 Å². The summed E-state index contributed by atoms with van der Waals surface area (Å²) in [5.74, 6) is 0.625. The van der Waals surface area contributed by atoms with Gasteiger partial charge in [-0.15, -0.1) is 11.6 Å². The number of rotatable bonds is 6. The number of hydrogen-bond donors (Lipinski definition) is 0. The summed E-state index contributed by atoms with van der Waals surface area (Å²) in [6.45, 7) is 6.08. The van der Waals surface area contributed by atoms with E-state index in [0.717, 1.165) is 25.0 Å². The zero-order chi connectivity index (χ0) is 12.0. The Bertz CT molecular complexity index is 318. The fourth-order valence-electron chi connectivity index (χ4n) is 1.44. The summed E-state index contributed by atoms with van der Waals surface area (Å²) in [7, 11) is 0. The molecule has 4 heteroatoms.